The fourth-order valence-corrected chi connectivity index (χ4v) is 3.43. The summed E-state index contributed by atoms with van der Waals surface area (Å²) in [5.74, 6) is 0.438. The maximum atomic E-state index is 12.1. The van der Waals surface area contributed by atoms with Crippen molar-refractivity contribution in [1.82, 2.24) is 14.7 Å². The van der Waals surface area contributed by atoms with E-state index in [2.05, 4.69) is 20.0 Å². The van der Waals surface area contributed by atoms with Crippen molar-refractivity contribution in [3.63, 3.8) is 0 Å². The molecule has 0 fully saturated rings. The number of hydrogen-bond acceptors (Lipinski definition) is 6. The van der Waals surface area contributed by atoms with Crippen molar-refractivity contribution in [3.05, 3.63) is 33.9 Å². The minimum atomic E-state index is -3.61. The van der Waals surface area contributed by atoms with E-state index in [9.17, 15) is 8.42 Å². The van der Waals surface area contributed by atoms with E-state index >= 15 is 0 Å². The van der Waals surface area contributed by atoms with Crippen LogP contribution in [0.25, 0.3) is 0 Å². The van der Waals surface area contributed by atoms with E-state index < -0.39 is 10.0 Å². The maximum absolute atomic E-state index is 12.1. The van der Waals surface area contributed by atoms with Crippen molar-refractivity contribution in [2.75, 3.05) is 18.9 Å². The quantitative estimate of drug-likeness (QED) is 0.842. The Hall–Kier alpha value is -1.22. The molecule has 0 saturated carbocycles. The van der Waals surface area contributed by atoms with Crippen LogP contribution in [-0.2, 0) is 16.4 Å². The van der Waals surface area contributed by atoms with Crippen molar-refractivity contribution < 1.29 is 8.42 Å². The van der Waals surface area contributed by atoms with Crippen molar-refractivity contribution in [2.24, 2.45) is 0 Å². The molecule has 2 aromatic rings. The first-order chi connectivity index (χ1) is 9.53. The molecule has 9 heteroatoms. The zero-order chi connectivity index (χ0) is 14.6. The fraction of sp³-hybridized carbons (Fsp3) is 0.273. The molecule has 0 unspecified atom stereocenters. The number of sulfonamides is 1. The van der Waals surface area contributed by atoms with Gasteiger partial charge in [0.15, 0.2) is 0 Å². The summed E-state index contributed by atoms with van der Waals surface area (Å²) in [6, 6.07) is 1.37. The summed E-state index contributed by atoms with van der Waals surface area (Å²) in [6.07, 6.45) is 1.81. The van der Waals surface area contributed by atoms with Crippen molar-refractivity contribution >= 4 is 38.8 Å². The highest BCUT2D eigenvalue weighted by atomic mass is 35.5. The summed E-state index contributed by atoms with van der Waals surface area (Å²) >= 11 is 7.40. The number of pyridine rings is 1. The monoisotopic (exact) mass is 332 g/mol. The molecule has 20 heavy (non-hydrogen) atoms. The Balaban J connectivity index is 2.04. The molecule has 0 aliphatic carbocycles. The number of rotatable bonds is 6. The third kappa shape index (κ3) is 3.66. The molecule has 2 aromatic heterocycles. The smallest absolute Gasteiger partial charge is 0.242 e. The van der Waals surface area contributed by atoms with Crippen LogP contribution in [0.5, 0.6) is 0 Å². The molecule has 0 aromatic carbocycles. The lowest BCUT2D eigenvalue weighted by Gasteiger charge is -2.08. The van der Waals surface area contributed by atoms with E-state index in [0.717, 1.165) is 5.69 Å². The Kier molecular flexibility index (Phi) is 4.92. The molecule has 6 nitrogen and oxygen atoms in total. The number of halogens is 1. The number of thiazole rings is 1. The van der Waals surface area contributed by atoms with Crippen LogP contribution in [-0.4, -0.2) is 32.0 Å². The molecule has 0 aliphatic heterocycles. The lowest BCUT2D eigenvalue weighted by Crippen LogP contribution is -2.26. The third-order valence-corrected chi connectivity index (χ3v) is 4.87. The van der Waals surface area contributed by atoms with Crippen LogP contribution >= 0.6 is 22.9 Å². The summed E-state index contributed by atoms with van der Waals surface area (Å²) in [6.45, 7) is 0.275. The molecule has 0 bridgehead atoms. The molecule has 0 spiro atoms. The number of nitrogens with one attached hydrogen (secondary N) is 2. The summed E-state index contributed by atoms with van der Waals surface area (Å²) in [4.78, 5) is 8.08. The molecule has 2 heterocycles. The van der Waals surface area contributed by atoms with Gasteiger partial charge in [-0.2, -0.15) is 0 Å². The van der Waals surface area contributed by atoms with Gasteiger partial charge < -0.3 is 5.32 Å². The third-order valence-electron chi connectivity index (χ3n) is 2.52. The Bertz CT molecular complexity index is 674. The summed E-state index contributed by atoms with van der Waals surface area (Å²) in [5, 5.41) is 4.91. The standard InChI is InChI=1S/C11H13ClN4O2S2/c1-13-11-10(12)4-9(5-14-11)20(17,18)16-3-2-8-6-19-7-15-8/h4-7,16H,2-3H2,1H3,(H,13,14). The van der Waals surface area contributed by atoms with Crippen molar-refractivity contribution in [2.45, 2.75) is 11.3 Å². The summed E-state index contributed by atoms with van der Waals surface area (Å²) in [7, 11) is -1.95. The second kappa shape index (κ2) is 6.49. The predicted octanol–water partition coefficient (Wildman–Crippen LogP) is 1.75. The van der Waals surface area contributed by atoms with Crippen LogP contribution in [0.15, 0.2) is 28.0 Å². The minimum absolute atomic E-state index is 0.0415. The highest BCUT2D eigenvalue weighted by Crippen LogP contribution is 2.21. The minimum Gasteiger partial charge on any atom is -0.372 e. The molecule has 2 N–H and O–H groups in total. The Morgan fingerprint density at radius 2 is 2.20 bits per heavy atom. The first-order valence-electron chi connectivity index (χ1n) is 5.73. The molecule has 0 atom stereocenters. The van der Waals surface area contributed by atoms with Crippen LogP contribution in [0.4, 0.5) is 5.82 Å². The normalized spacial score (nSPS) is 11.5. The van der Waals surface area contributed by atoms with Crippen molar-refractivity contribution in [1.29, 1.82) is 0 Å². The lowest BCUT2D eigenvalue weighted by molar-refractivity contribution is 0.581. The topological polar surface area (TPSA) is 84.0 Å². The van der Waals surface area contributed by atoms with E-state index in [1.165, 1.54) is 23.6 Å². The maximum Gasteiger partial charge on any atom is 0.242 e. The molecule has 108 valence electrons. The second-order valence-electron chi connectivity index (χ2n) is 3.88. The first-order valence-corrected chi connectivity index (χ1v) is 8.53. The van der Waals surface area contributed by atoms with E-state index in [-0.39, 0.29) is 16.5 Å². The van der Waals surface area contributed by atoms with E-state index in [0.29, 0.717) is 12.2 Å². The molecule has 0 radical (unpaired) electrons. The second-order valence-corrected chi connectivity index (χ2v) is 6.77. The van der Waals surface area contributed by atoms with E-state index in [4.69, 9.17) is 11.6 Å². The summed E-state index contributed by atoms with van der Waals surface area (Å²) < 4.78 is 26.6. The van der Waals surface area contributed by atoms with Gasteiger partial charge in [0.25, 0.3) is 0 Å². The molecular weight excluding hydrogens is 320 g/mol. The highest BCUT2D eigenvalue weighted by molar-refractivity contribution is 7.89. The van der Waals surface area contributed by atoms with Crippen LogP contribution in [0.3, 0.4) is 0 Å². The number of nitrogens with zero attached hydrogens (tertiary/aromatic N) is 2. The van der Waals surface area contributed by atoms with E-state index in [1.54, 1.807) is 12.6 Å². The largest absolute Gasteiger partial charge is 0.372 e. The van der Waals surface area contributed by atoms with Gasteiger partial charge in [0, 0.05) is 31.6 Å². The van der Waals surface area contributed by atoms with Crippen LogP contribution in [0.1, 0.15) is 5.69 Å². The van der Waals surface area contributed by atoms with Gasteiger partial charge in [-0.15, -0.1) is 11.3 Å². The molecule has 0 aliphatic rings. The van der Waals surface area contributed by atoms with Gasteiger partial charge in [0.1, 0.15) is 10.7 Å². The average Bonchev–Trinajstić information content (AvgIpc) is 2.91. The number of aromatic nitrogens is 2. The predicted molar refractivity (Wildman–Crippen MR) is 79.8 cm³/mol. The molecule has 0 saturated heterocycles. The zero-order valence-corrected chi connectivity index (χ0v) is 13.0. The van der Waals surface area contributed by atoms with Crippen LogP contribution in [0.2, 0.25) is 5.02 Å². The molecule has 2 rings (SSSR count). The first kappa shape index (κ1) is 15.2. The van der Waals surface area contributed by atoms with Gasteiger partial charge in [0.2, 0.25) is 10.0 Å². The lowest BCUT2D eigenvalue weighted by atomic mass is 10.3. The fourth-order valence-electron chi connectivity index (χ4n) is 1.51. The number of anilines is 1. The van der Waals surface area contributed by atoms with Crippen molar-refractivity contribution in [3.8, 4) is 0 Å². The molecule has 0 amide bonds. The Morgan fingerprint density at radius 1 is 1.40 bits per heavy atom. The van der Waals surface area contributed by atoms with Crippen LogP contribution < -0.4 is 10.0 Å². The number of hydrogen-bond donors (Lipinski definition) is 2. The van der Waals surface area contributed by atoms with Gasteiger partial charge >= 0.3 is 0 Å². The Labute approximate surface area is 126 Å². The van der Waals surface area contributed by atoms with Gasteiger partial charge in [-0.3, -0.25) is 0 Å². The van der Waals surface area contributed by atoms with Gasteiger partial charge in [-0.25, -0.2) is 23.1 Å². The van der Waals surface area contributed by atoms with Gasteiger partial charge in [0.05, 0.1) is 16.2 Å². The highest BCUT2D eigenvalue weighted by Gasteiger charge is 2.16. The SMILES string of the molecule is CNc1ncc(S(=O)(=O)NCCc2cscn2)cc1Cl. The van der Waals surface area contributed by atoms with Gasteiger partial charge in [-0.1, -0.05) is 11.6 Å². The van der Waals surface area contributed by atoms with Crippen LogP contribution in [0, 0.1) is 0 Å². The Morgan fingerprint density at radius 3 is 2.80 bits per heavy atom. The summed E-state index contributed by atoms with van der Waals surface area (Å²) in [5.41, 5.74) is 2.57. The zero-order valence-electron chi connectivity index (χ0n) is 10.6. The molecular formula is C11H13ClN4O2S2. The van der Waals surface area contributed by atoms with Gasteiger partial charge in [-0.05, 0) is 6.07 Å². The van der Waals surface area contributed by atoms with E-state index in [1.807, 2.05) is 5.38 Å². The average molecular weight is 333 g/mol.